The number of hydrogen-bond acceptors (Lipinski definition) is 4. The van der Waals surface area contributed by atoms with E-state index in [1.165, 1.54) is 29.7 Å². The van der Waals surface area contributed by atoms with Crippen LogP contribution >= 0.6 is 0 Å². The largest absolute Gasteiger partial charge is 0.447 e. The summed E-state index contributed by atoms with van der Waals surface area (Å²) in [7, 11) is 0. The maximum Gasteiger partial charge on any atom is 0.410 e. The second-order valence-corrected chi connectivity index (χ2v) is 8.46. The Balaban J connectivity index is 1.42. The van der Waals surface area contributed by atoms with Crippen molar-refractivity contribution in [2.24, 2.45) is 5.92 Å². The van der Waals surface area contributed by atoms with Crippen molar-refractivity contribution in [2.45, 2.75) is 65.5 Å². The number of likely N-dealkylation sites (tertiary alicyclic amines) is 1. The molecule has 0 spiro atoms. The van der Waals surface area contributed by atoms with Crippen molar-refractivity contribution < 1.29 is 9.53 Å². The van der Waals surface area contributed by atoms with Crippen molar-refractivity contribution >= 4 is 11.8 Å². The number of ether oxygens (including phenoxy) is 1. The van der Waals surface area contributed by atoms with Crippen molar-refractivity contribution in [3.8, 4) is 0 Å². The Hall–Kier alpha value is -1.75. The molecular weight excluding hydrogens is 350 g/mol. The van der Waals surface area contributed by atoms with Crippen LogP contribution in [0.3, 0.4) is 0 Å². The van der Waals surface area contributed by atoms with Crippen molar-refractivity contribution in [3.63, 3.8) is 0 Å². The molecule has 156 valence electrons. The molecule has 1 saturated heterocycles. The Morgan fingerprint density at radius 2 is 2.07 bits per heavy atom. The van der Waals surface area contributed by atoms with Crippen LogP contribution in [0.25, 0.3) is 0 Å². The Morgan fingerprint density at radius 3 is 2.79 bits per heavy atom. The van der Waals surface area contributed by atoms with Crippen LogP contribution < -0.4 is 10.2 Å². The van der Waals surface area contributed by atoms with Gasteiger partial charge in [0, 0.05) is 38.4 Å². The van der Waals surface area contributed by atoms with E-state index in [9.17, 15) is 4.79 Å². The lowest BCUT2D eigenvalue weighted by Gasteiger charge is -2.32. The van der Waals surface area contributed by atoms with Crippen LogP contribution in [-0.2, 0) is 17.7 Å². The molecule has 0 bridgehead atoms. The Bertz CT molecular complexity index is 639. The third-order valence-corrected chi connectivity index (χ3v) is 6.07. The summed E-state index contributed by atoms with van der Waals surface area (Å²) in [6, 6.07) is 6.98. The molecule has 0 radical (unpaired) electrons. The van der Waals surface area contributed by atoms with E-state index in [2.05, 4.69) is 35.3 Å². The van der Waals surface area contributed by atoms with E-state index in [1.807, 2.05) is 18.7 Å². The summed E-state index contributed by atoms with van der Waals surface area (Å²) < 4.78 is 5.32. The number of hydrogen-bond donors (Lipinski definition) is 1. The van der Waals surface area contributed by atoms with Crippen molar-refractivity contribution in [1.29, 1.82) is 0 Å². The number of amides is 1. The number of anilines is 1. The fourth-order valence-electron chi connectivity index (χ4n) is 4.38. The number of nitrogens with one attached hydrogen (secondary N) is 1. The summed E-state index contributed by atoms with van der Waals surface area (Å²) in [4.78, 5) is 16.4. The first-order valence-corrected chi connectivity index (χ1v) is 11.1. The van der Waals surface area contributed by atoms with Gasteiger partial charge in [-0.25, -0.2) is 4.79 Å². The molecule has 0 saturated carbocycles. The highest BCUT2D eigenvalue weighted by molar-refractivity contribution is 5.67. The fourth-order valence-corrected chi connectivity index (χ4v) is 4.38. The van der Waals surface area contributed by atoms with E-state index in [0.29, 0.717) is 0 Å². The topological polar surface area (TPSA) is 44.8 Å². The molecule has 5 nitrogen and oxygen atoms in total. The standard InChI is InChI=1S/C23H37N3O2/c1-4-25(22-8-7-21-17-24-12-9-20(21)16-22)13-5-6-19-10-14-26(15-11-19)23(27)28-18(2)3/h7-8,16,18-19,24H,4-6,9-15,17H2,1-3H3. The molecule has 2 aliphatic rings. The van der Waals surface area contributed by atoms with Gasteiger partial charge >= 0.3 is 6.09 Å². The molecule has 0 aromatic heterocycles. The molecule has 1 N–H and O–H groups in total. The molecule has 1 amide bonds. The maximum atomic E-state index is 12.0. The Labute approximate surface area is 170 Å². The van der Waals surface area contributed by atoms with E-state index in [1.54, 1.807) is 0 Å². The summed E-state index contributed by atoms with van der Waals surface area (Å²) in [5.74, 6) is 0.733. The zero-order valence-corrected chi connectivity index (χ0v) is 17.9. The molecule has 0 unspecified atom stereocenters. The van der Waals surface area contributed by atoms with E-state index in [-0.39, 0.29) is 12.2 Å². The third kappa shape index (κ3) is 5.63. The average Bonchev–Trinajstić information content (AvgIpc) is 2.71. The minimum absolute atomic E-state index is 0.0369. The fraction of sp³-hybridized carbons (Fsp3) is 0.696. The Kier molecular flexibility index (Phi) is 7.60. The molecule has 1 aromatic rings. The maximum absolute atomic E-state index is 12.0. The smallest absolute Gasteiger partial charge is 0.410 e. The number of nitrogens with zero attached hydrogens (tertiary/aromatic N) is 2. The predicted octanol–water partition coefficient (Wildman–Crippen LogP) is 4.20. The van der Waals surface area contributed by atoms with Crippen molar-refractivity contribution in [2.75, 3.05) is 37.6 Å². The third-order valence-electron chi connectivity index (χ3n) is 6.07. The molecule has 3 rings (SSSR count). The summed E-state index contributed by atoms with van der Waals surface area (Å²) in [6.07, 6.45) is 5.62. The first-order valence-electron chi connectivity index (χ1n) is 11.1. The van der Waals surface area contributed by atoms with Crippen LogP contribution in [0.15, 0.2) is 18.2 Å². The number of carbonyl (C=O) groups is 1. The van der Waals surface area contributed by atoms with Crippen LogP contribution in [0.5, 0.6) is 0 Å². The lowest BCUT2D eigenvalue weighted by atomic mass is 9.92. The second kappa shape index (κ2) is 10.1. The highest BCUT2D eigenvalue weighted by Crippen LogP contribution is 2.25. The van der Waals surface area contributed by atoms with Crippen LogP contribution in [-0.4, -0.2) is 49.8 Å². The summed E-state index contributed by atoms with van der Waals surface area (Å²) in [5.41, 5.74) is 4.33. The Morgan fingerprint density at radius 1 is 1.29 bits per heavy atom. The molecular formula is C23H37N3O2. The first-order chi connectivity index (χ1) is 13.6. The first kappa shape index (κ1) is 21.0. The minimum atomic E-state index is -0.145. The van der Waals surface area contributed by atoms with Gasteiger partial charge < -0.3 is 19.9 Å². The van der Waals surface area contributed by atoms with Crippen LogP contribution in [0.1, 0.15) is 57.6 Å². The zero-order valence-electron chi connectivity index (χ0n) is 17.9. The van der Waals surface area contributed by atoms with Crippen LogP contribution in [0.2, 0.25) is 0 Å². The van der Waals surface area contributed by atoms with Gasteiger partial charge in [0.2, 0.25) is 0 Å². The molecule has 28 heavy (non-hydrogen) atoms. The van der Waals surface area contributed by atoms with Gasteiger partial charge in [0.15, 0.2) is 0 Å². The van der Waals surface area contributed by atoms with Crippen LogP contribution in [0.4, 0.5) is 10.5 Å². The molecule has 2 aliphatic heterocycles. The zero-order chi connectivity index (χ0) is 19.9. The molecule has 1 fully saturated rings. The summed E-state index contributed by atoms with van der Waals surface area (Å²) in [5, 5.41) is 3.45. The predicted molar refractivity (Wildman–Crippen MR) is 115 cm³/mol. The molecule has 0 aliphatic carbocycles. The number of fused-ring (bicyclic) bond motifs is 1. The monoisotopic (exact) mass is 387 g/mol. The molecule has 1 aromatic carbocycles. The van der Waals surface area contributed by atoms with E-state index >= 15 is 0 Å². The summed E-state index contributed by atoms with van der Waals surface area (Å²) >= 11 is 0. The van der Waals surface area contributed by atoms with Gasteiger partial charge in [-0.1, -0.05) is 6.07 Å². The van der Waals surface area contributed by atoms with E-state index in [4.69, 9.17) is 4.74 Å². The van der Waals surface area contributed by atoms with Gasteiger partial charge in [0.25, 0.3) is 0 Å². The lowest BCUT2D eigenvalue weighted by Crippen LogP contribution is -2.39. The number of carbonyl (C=O) groups excluding carboxylic acids is 1. The van der Waals surface area contributed by atoms with Gasteiger partial charge in [-0.05, 0) is 88.6 Å². The van der Waals surface area contributed by atoms with Crippen LogP contribution in [0, 0.1) is 5.92 Å². The van der Waals surface area contributed by atoms with Gasteiger partial charge in [-0.2, -0.15) is 0 Å². The van der Waals surface area contributed by atoms with Gasteiger partial charge in [-0.15, -0.1) is 0 Å². The number of piperidine rings is 1. The second-order valence-electron chi connectivity index (χ2n) is 8.46. The van der Waals surface area contributed by atoms with Gasteiger partial charge in [-0.3, -0.25) is 0 Å². The highest BCUT2D eigenvalue weighted by Gasteiger charge is 2.24. The van der Waals surface area contributed by atoms with Gasteiger partial charge in [0.05, 0.1) is 6.10 Å². The molecule has 5 heteroatoms. The van der Waals surface area contributed by atoms with E-state index < -0.39 is 0 Å². The van der Waals surface area contributed by atoms with Gasteiger partial charge in [0.1, 0.15) is 0 Å². The quantitative estimate of drug-likeness (QED) is 0.762. The SMILES string of the molecule is CCN(CCCC1CCN(C(=O)OC(C)C)CC1)c1ccc2c(c1)CCNC2. The number of benzene rings is 1. The number of rotatable bonds is 7. The molecule has 2 heterocycles. The lowest BCUT2D eigenvalue weighted by molar-refractivity contribution is 0.0647. The highest BCUT2D eigenvalue weighted by atomic mass is 16.6. The normalized spacial score (nSPS) is 17.5. The minimum Gasteiger partial charge on any atom is -0.447 e. The van der Waals surface area contributed by atoms with Crippen molar-refractivity contribution in [1.82, 2.24) is 10.2 Å². The van der Waals surface area contributed by atoms with E-state index in [0.717, 1.165) is 64.4 Å². The van der Waals surface area contributed by atoms with Crippen molar-refractivity contribution in [3.05, 3.63) is 29.3 Å². The average molecular weight is 388 g/mol. The molecule has 0 atom stereocenters. The summed E-state index contributed by atoms with van der Waals surface area (Å²) in [6.45, 7) is 12.0.